The van der Waals surface area contributed by atoms with Gasteiger partial charge in [-0.25, -0.2) is 47.8 Å². The molecule has 0 N–H and O–H groups in total. The third kappa shape index (κ3) is 18.4. The first kappa shape index (κ1) is 88.9. The lowest BCUT2D eigenvalue weighted by Gasteiger charge is -2.18. The fourth-order valence-corrected chi connectivity index (χ4v) is 21.5. The maximum absolute atomic E-state index is 8.97. The molecule has 0 amide bonds. The van der Waals surface area contributed by atoms with Crippen LogP contribution in [0.1, 0.15) is 235 Å². The van der Waals surface area contributed by atoms with Crippen LogP contribution in [-0.2, 0) is 48.1 Å². The molecule has 0 bridgehead atoms. The van der Waals surface area contributed by atoms with Crippen LogP contribution in [0, 0.1) is 115 Å². The monoisotopic (exact) mass is 1820 g/mol. The Labute approximate surface area is 812 Å². The van der Waals surface area contributed by atoms with E-state index < -0.39 is 12.7 Å². The summed E-state index contributed by atoms with van der Waals surface area (Å²) >= 11 is 0. The van der Waals surface area contributed by atoms with E-state index >= 15 is 0 Å². The van der Waals surface area contributed by atoms with E-state index in [0.717, 1.165) is 173 Å². The SMILES string of the molecule is Cc1ccc2c(n1)oc1c(-c3cc(C4CCCC4)cc[n+]3C)c(C)cc(C)c12.Cc1ccc2c(n1)oc1c(-c3cc(CC(C)(C)C)cc[n+]3C)c(C)cc(C)c12.Cc1ccc2c(n1)oc1c(-c3cc(CC(C)C)cc[n+]3C)c(C)cc(C)c12.Cc1ccc2c(n1)oc1c(-c3ccc(C(C)C)c[n+]3C)c(C)cc(C)c12.[2H]C([2H])([2H])c1cc(C)nc2oc3c(-c4cc(C5([2H])CCCC5)cc[n+]4C)c(C)ccc3c12. The number of hydrogen-bond acceptors (Lipinski definition) is 10. The lowest BCUT2D eigenvalue weighted by atomic mass is 9.87. The van der Waals surface area contributed by atoms with Gasteiger partial charge < -0.3 is 22.1 Å². The first-order valence-electron chi connectivity index (χ1n) is 51.0. The highest BCUT2D eigenvalue weighted by Crippen LogP contribution is 2.47. The molecule has 0 saturated heterocycles. The van der Waals surface area contributed by atoms with Crippen molar-refractivity contribution in [2.75, 3.05) is 0 Å². The van der Waals surface area contributed by atoms with Crippen LogP contribution in [0.5, 0.6) is 0 Å². The van der Waals surface area contributed by atoms with Crippen LogP contribution in [-0.4, -0.2) is 24.9 Å². The molecule has 137 heavy (non-hydrogen) atoms. The molecule has 2 saturated carbocycles. The summed E-state index contributed by atoms with van der Waals surface area (Å²) in [5, 5.41) is 10.4. The van der Waals surface area contributed by atoms with E-state index in [2.05, 4.69) is 321 Å². The van der Waals surface area contributed by atoms with Gasteiger partial charge in [0.2, 0.25) is 57.0 Å². The number of furan rings is 5. The van der Waals surface area contributed by atoms with Crippen LogP contribution in [0.3, 0.4) is 0 Å². The Morgan fingerprint density at radius 1 is 0.336 bits per heavy atom. The van der Waals surface area contributed by atoms with Gasteiger partial charge in [0, 0.05) is 143 Å². The molecule has 20 aromatic rings. The van der Waals surface area contributed by atoms with Gasteiger partial charge in [0.25, 0.3) is 0 Å². The number of pyridine rings is 10. The smallest absolute Gasteiger partial charge is 0.227 e. The normalized spacial score (nSPS) is 14.0. The van der Waals surface area contributed by atoms with Crippen molar-refractivity contribution < 1.29 is 50.4 Å². The molecular formula is C122H135N10O5+5. The summed E-state index contributed by atoms with van der Waals surface area (Å²) in [6.07, 6.45) is 22.1. The van der Waals surface area contributed by atoms with Gasteiger partial charge in [-0.3, -0.25) is 0 Å². The fourth-order valence-electron chi connectivity index (χ4n) is 21.5. The number of aromatic nitrogens is 10. The second kappa shape index (κ2) is 37.6. The molecule has 2 fully saturated rings. The van der Waals surface area contributed by atoms with E-state index in [0.29, 0.717) is 40.1 Å². The predicted octanol–water partition coefficient (Wildman–Crippen LogP) is 29.2. The molecule has 0 radical (unpaired) electrons. The Balaban J connectivity index is 0.000000117. The van der Waals surface area contributed by atoms with Crippen molar-refractivity contribution >= 4 is 110 Å². The molecule has 0 spiro atoms. The molecule has 0 aliphatic heterocycles. The van der Waals surface area contributed by atoms with E-state index in [1.54, 1.807) is 13.0 Å². The average molecular weight is 1830 g/mol. The van der Waals surface area contributed by atoms with E-state index in [9.17, 15) is 0 Å². The third-order valence-corrected chi connectivity index (χ3v) is 28.2. The number of nitrogens with zero attached hydrogens (tertiary/aromatic N) is 10. The van der Waals surface area contributed by atoms with E-state index in [1.165, 1.54) is 142 Å². The molecule has 2 aliphatic carbocycles. The Hall–Kier alpha value is -13.4. The fraction of sp³-hybridized carbons (Fsp3) is 0.344. The largest absolute Gasteiger partial charge is 0.437 e. The molecule has 0 atom stereocenters. The summed E-state index contributed by atoms with van der Waals surface area (Å²) in [4.78, 5) is 23.0. The molecule has 15 aromatic heterocycles. The second-order valence-electron chi connectivity index (χ2n) is 41.4. The molecule has 15 heterocycles. The first-order valence-corrected chi connectivity index (χ1v) is 49.0. The summed E-state index contributed by atoms with van der Waals surface area (Å²) in [6.45, 7) is 42.7. The zero-order valence-electron chi connectivity index (χ0n) is 89.1. The van der Waals surface area contributed by atoms with Gasteiger partial charge >= 0.3 is 0 Å². The van der Waals surface area contributed by atoms with Crippen LogP contribution in [0.2, 0.25) is 0 Å². The highest BCUT2D eigenvalue weighted by molar-refractivity contribution is 6.15. The molecule has 698 valence electrons. The maximum atomic E-state index is 8.97. The average Bonchev–Trinajstić information content (AvgIpc) is 1.59. The van der Waals surface area contributed by atoms with Crippen molar-refractivity contribution in [3.63, 3.8) is 0 Å². The van der Waals surface area contributed by atoms with Gasteiger partial charge in [-0.2, -0.15) is 0 Å². The molecule has 22 rings (SSSR count). The Bertz CT molecular complexity index is 8370. The maximum Gasteiger partial charge on any atom is 0.227 e. The van der Waals surface area contributed by atoms with E-state index in [1.807, 2.05) is 76.7 Å². The molecule has 2 aliphatic rings. The molecule has 5 aromatic carbocycles. The van der Waals surface area contributed by atoms with E-state index in [-0.39, 0.29) is 11.0 Å². The minimum atomic E-state index is -2.27. The van der Waals surface area contributed by atoms with Crippen molar-refractivity contribution in [3.05, 3.63) is 295 Å². The Morgan fingerprint density at radius 3 is 1.12 bits per heavy atom. The highest BCUT2D eigenvalue weighted by atomic mass is 16.4. The topological polar surface area (TPSA) is 150 Å². The summed E-state index contributed by atoms with van der Waals surface area (Å²) < 4.78 is 75.6. The van der Waals surface area contributed by atoms with E-state index in [4.69, 9.17) is 27.6 Å². The van der Waals surface area contributed by atoms with Crippen LogP contribution < -0.4 is 22.8 Å². The number of rotatable bonds is 11. The summed E-state index contributed by atoms with van der Waals surface area (Å²) in [6, 6.07) is 53.7. The summed E-state index contributed by atoms with van der Waals surface area (Å²) in [7, 11) is 10.4. The predicted molar refractivity (Wildman–Crippen MR) is 560 cm³/mol. The third-order valence-electron chi connectivity index (χ3n) is 28.2. The lowest BCUT2D eigenvalue weighted by Crippen LogP contribution is -2.31. The highest BCUT2D eigenvalue weighted by Gasteiger charge is 2.33. The zero-order valence-corrected chi connectivity index (χ0v) is 85.1. The van der Waals surface area contributed by atoms with Crippen LogP contribution in [0.4, 0.5) is 0 Å². The minimum Gasteiger partial charge on any atom is -0.437 e. The molecular weight excluding hydrogens is 1690 g/mol. The lowest BCUT2D eigenvalue weighted by molar-refractivity contribution is -0.660. The van der Waals surface area contributed by atoms with Crippen LogP contribution in [0.15, 0.2) is 205 Å². The van der Waals surface area contributed by atoms with Gasteiger partial charge in [0.15, 0.2) is 58.9 Å². The zero-order chi connectivity index (χ0) is 100. The van der Waals surface area contributed by atoms with Crippen molar-refractivity contribution in [2.24, 2.45) is 46.6 Å². The number of hydrogen-bond donors (Lipinski definition) is 0. The van der Waals surface area contributed by atoms with Gasteiger partial charge in [-0.05, 0) is 310 Å². The minimum absolute atomic E-state index is 0.246. The number of fused-ring (bicyclic) bond motifs is 15. The quantitative estimate of drug-likeness (QED) is 0.115. The Kier molecular flexibility index (Phi) is 24.4. The Morgan fingerprint density at radius 2 is 0.701 bits per heavy atom. The van der Waals surface area contributed by atoms with Gasteiger partial charge in [-0.15, -0.1) is 0 Å². The van der Waals surface area contributed by atoms with Crippen LogP contribution in [0.25, 0.3) is 167 Å². The summed E-state index contributed by atoms with van der Waals surface area (Å²) in [5.74, 6) is 1.28. The second-order valence-corrected chi connectivity index (χ2v) is 41.4. The van der Waals surface area contributed by atoms with Crippen LogP contribution >= 0.6 is 0 Å². The molecule has 15 nitrogen and oxygen atoms in total. The van der Waals surface area contributed by atoms with Gasteiger partial charge in [0.1, 0.15) is 35.2 Å². The standard InChI is InChI=1S/2C25H27N2O.C25H29N2O.C24H27N2O.C23H25N2O/c1-15-13-16(2)23(24-22(15)20-10-9-17(3)26-25(20)28-24)21-14-19(11-12-27(21)4)18-7-5-6-8-18;1-15-9-10-20-22-16(2)13-17(3)26-25(22)28-24(20)23(15)21-14-19(11-12-27(21)4)18-7-5-6-8-18;1-15-12-16(2)22(20-13-18(10-11-27(20)7)14-25(4,5)6)23-21(15)19-9-8-17(3)26-24(19)28-23;1-14(2)11-18-9-10-26(6)20(13-18)22-16(4)12-15(3)21-19-8-7-17(5)25-24(19)27-23(21)22;1-13(2)17-8-10-19(25(6)12-17)21-15(4)11-14(3)20-18-9-7-16(5)24-23(18)26-22(20)21/h2*9-14,18H,5-8H2,1-4H3;8-13H,14H2,1-7H3;7-10,12-14H,11H2,1-6H3;7-13H,1-6H3/q5*+1/i;2D3,18D;;;. The molecule has 15 heteroatoms. The van der Waals surface area contributed by atoms with Crippen molar-refractivity contribution in [3.8, 4) is 56.3 Å². The number of benzene rings is 5. The molecule has 0 unspecified atom stereocenters. The van der Waals surface area contributed by atoms with Gasteiger partial charge in [0.05, 0.1) is 33.2 Å². The summed E-state index contributed by atoms with van der Waals surface area (Å²) in [5.41, 5.74) is 41.4. The van der Waals surface area contributed by atoms with Crippen molar-refractivity contribution in [1.82, 2.24) is 24.9 Å². The number of aryl methyl sites for hydroxylation is 20. The first-order chi connectivity index (χ1) is 67.0. The van der Waals surface area contributed by atoms with Gasteiger partial charge in [-0.1, -0.05) is 111 Å². The van der Waals surface area contributed by atoms with Crippen molar-refractivity contribution in [2.45, 2.75) is 234 Å². The van der Waals surface area contributed by atoms with Crippen molar-refractivity contribution in [1.29, 1.82) is 0 Å².